The van der Waals surface area contributed by atoms with Crippen molar-refractivity contribution < 1.29 is 0 Å². The van der Waals surface area contributed by atoms with Crippen LogP contribution < -0.4 is 0 Å². The highest BCUT2D eigenvalue weighted by atomic mass is 35.5. The van der Waals surface area contributed by atoms with Gasteiger partial charge in [0, 0.05) is 9.79 Å². The molecular weight excluding hydrogens is 455 g/mol. The van der Waals surface area contributed by atoms with Gasteiger partial charge in [0.15, 0.2) is 0 Å². The van der Waals surface area contributed by atoms with Crippen molar-refractivity contribution in [3.8, 4) is 0 Å². The Hall–Kier alpha value is -0.710. The maximum absolute atomic E-state index is 2.48. The highest BCUT2D eigenvalue weighted by Gasteiger charge is 2.17. The Morgan fingerprint density at radius 1 is 0.625 bits per heavy atom. The molecule has 3 rings (SSSR count). The van der Waals surface area contributed by atoms with Crippen molar-refractivity contribution in [2.45, 2.75) is 67.6 Å². The molecule has 0 unspecified atom stereocenters. The summed E-state index contributed by atoms with van der Waals surface area (Å²) in [6.45, 7) is 2.41. The smallest absolute Gasteiger partial charge is 0.0158 e. The minimum atomic E-state index is 0. The second-order valence-electron chi connectivity index (χ2n) is 9.39. The van der Waals surface area contributed by atoms with Crippen molar-refractivity contribution in [2.75, 3.05) is 41.3 Å². The Bertz CT molecular complexity index is 743. The van der Waals surface area contributed by atoms with Crippen LogP contribution in [-0.2, 0) is 19.3 Å². The van der Waals surface area contributed by atoms with E-state index in [1.54, 1.807) is 0 Å². The highest BCUT2D eigenvalue weighted by molar-refractivity contribution is 7.99. The number of benzene rings is 2. The third-order valence-electron chi connectivity index (χ3n) is 5.99. The first-order chi connectivity index (χ1) is 14.5. The monoisotopic (exact) mass is 496 g/mol. The Morgan fingerprint density at radius 3 is 1.47 bits per heavy atom. The molecule has 0 atom stereocenters. The van der Waals surface area contributed by atoms with E-state index in [1.165, 1.54) is 96.5 Å². The van der Waals surface area contributed by atoms with Crippen molar-refractivity contribution >= 4 is 36.6 Å². The van der Waals surface area contributed by atoms with E-state index in [0.717, 1.165) is 6.42 Å². The summed E-state index contributed by atoms with van der Waals surface area (Å²) in [6.07, 6.45) is 11.4. The van der Waals surface area contributed by atoms with Gasteiger partial charge in [-0.25, -0.2) is 0 Å². The fourth-order valence-corrected chi connectivity index (χ4v) is 5.28. The molecule has 1 heterocycles. The SMILES string of the molecule is CN(C)CCCCCc1ccc2c(c1)Cc1cc(CCCCCN(C)C)ccc1S2.Cl.Cl. The van der Waals surface area contributed by atoms with Gasteiger partial charge in [0.25, 0.3) is 0 Å². The quantitative estimate of drug-likeness (QED) is 0.246. The van der Waals surface area contributed by atoms with Gasteiger partial charge in [-0.1, -0.05) is 48.9 Å². The summed E-state index contributed by atoms with van der Waals surface area (Å²) >= 11 is 1.96. The molecule has 0 saturated carbocycles. The second-order valence-corrected chi connectivity index (χ2v) is 10.5. The zero-order valence-electron chi connectivity index (χ0n) is 20.4. The molecular formula is C27H42Cl2N2S. The standard InChI is InChI=1S/C27H40N2S.2ClH/c1-28(2)17-9-5-7-11-22-13-15-26-24(19-22)21-25-20-23(14-16-27(25)30-26)12-8-6-10-18-29(3)4;;/h13-16,19-20H,5-12,17-18,21H2,1-4H3;2*1H. The fraction of sp³-hybridized carbons (Fsp3) is 0.556. The molecule has 0 saturated heterocycles. The minimum absolute atomic E-state index is 0. The van der Waals surface area contributed by atoms with Crippen LogP contribution >= 0.6 is 36.6 Å². The van der Waals surface area contributed by atoms with E-state index >= 15 is 0 Å². The number of unbranched alkanes of at least 4 members (excludes halogenated alkanes) is 4. The normalized spacial score (nSPS) is 12.2. The molecule has 0 radical (unpaired) electrons. The second kappa shape index (κ2) is 15.2. The minimum Gasteiger partial charge on any atom is -0.309 e. The largest absolute Gasteiger partial charge is 0.309 e. The molecule has 0 amide bonds. The summed E-state index contributed by atoms with van der Waals surface area (Å²) < 4.78 is 0. The molecule has 0 N–H and O–H groups in total. The first kappa shape index (κ1) is 29.3. The van der Waals surface area contributed by atoms with Crippen LogP contribution in [0, 0.1) is 0 Å². The predicted molar refractivity (Wildman–Crippen MR) is 147 cm³/mol. The number of rotatable bonds is 12. The van der Waals surface area contributed by atoms with Gasteiger partial charge in [0.2, 0.25) is 0 Å². The summed E-state index contributed by atoms with van der Waals surface area (Å²) in [7, 11) is 8.65. The topological polar surface area (TPSA) is 6.48 Å². The van der Waals surface area contributed by atoms with Crippen LogP contribution in [0.5, 0.6) is 0 Å². The number of aryl methyl sites for hydroxylation is 2. The van der Waals surface area contributed by atoms with Gasteiger partial charge < -0.3 is 9.80 Å². The summed E-state index contributed by atoms with van der Waals surface area (Å²) in [5.74, 6) is 0. The third kappa shape index (κ3) is 9.65. The molecule has 0 bridgehead atoms. The molecule has 2 aromatic rings. The maximum atomic E-state index is 2.48. The lowest BCUT2D eigenvalue weighted by atomic mass is 9.97. The van der Waals surface area contributed by atoms with Crippen molar-refractivity contribution in [1.82, 2.24) is 9.80 Å². The number of halogens is 2. The average Bonchev–Trinajstić information content (AvgIpc) is 2.71. The molecule has 1 aliphatic heterocycles. The lowest BCUT2D eigenvalue weighted by Gasteiger charge is -2.21. The Balaban J connectivity index is 0.00000256. The van der Waals surface area contributed by atoms with E-state index in [4.69, 9.17) is 0 Å². The number of fused-ring (bicyclic) bond motifs is 2. The van der Waals surface area contributed by atoms with E-state index in [1.807, 2.05) is 11.8 Å². The van der Waals surface area contributed by atoms with Gasteiger partial charge in [0.05, 0.1) is 0 Å². The summed E-state index contributed by atoms with van der Waals surface area (Å²) in [4.78, 5) is 7.47. The summed E-state index contributed by atoms with van der Waals surface area (Å²) in [5, 5.41) is 0. The van der Waals surface area contributed by atoms with Crippen molar-refractivity contribution in [1.29, 1.82) is 0 Å². The van der Waals surface area contributed by atoms with Crippen LogP contribution in [0.3, 0.4) is 0 Å². The molecule has 5 heteroatoms. The van der Waals surface area contributed by atoms with Gasteiger partial charge in [-0.05, 0) is 121 Å². The maximum Gasteiger partial charge on any atom is 0.0158 e. The molecule has 0 aromatic heterocycles. The highest BCUT2D eigenvalue weighted by Crippen LogP contribution is 2.40. The van der Waals surface area contributed by atoms with Gasteiger partial charge in [0.1, 0.15) is 0 Å². The van der Waals surface area contributed by atoms with Gasteiger partial charge >= 0.3 is 0 Å². The van der Waals surface area contributed by atoms with Crippen LogP contribution in [0.15, 0.2) is 46.2 Å². The van der Waals surface area contributed by atoms with E-state index in [9.17, 15) is 0 Å². The Morgan fingerprint density at radius 2 is 1.06 bits per heavy atom. The van der Waals surface area contributed by atoms with Crippen LogP contribution in [0.4, 0.5) is 0 Å². The van der Waals surface area contributed by atoms with Crippen LogP contribution in [0.25, 0.3) is 0 Å². The van der Waals surface area contributed by atoms with Crippen molar-refractivity contribution in [3.05, 3.63) is 58.7 Å². The lowest BCUT2D eigenvalue weighted by Crippen LogP contribution is -2.12. The van der Waals surface area contributed by atoms with Crippen molar-refractivity contribution in [3.63, 3.8) is 0 Å². The molecule has 1 aliphatic rings. The van der Waals surface area contributed by atoms with E-state index < -0.39 is 0 Å². The molecule has 0 aliphatic carbocycles. The van der Waals surface area contributed by atoms with Crippen LogP contribution in [0.2, 0.25) is 0 Å². The lowest BCUT2D eigenvalue weighted by molar-refractivity contribution is 0.391. The molecule has 0 fully saturated rings. The third-order valence-corrected chi connectivity index (χ3v) is 7.23. The van der Waals surface area contributed by atoms with Crippen molar-refractivity contribution in [2.24, 2.45) is 0 Å². The summed E-state index contributed by atoms with van der Waals surface area (Å²) in [6, 6.07) is 14.4. The predicted octanol–water partition coefficient (Wildman–Crippen LogP) is 7.13. The van der Waals surface area contributed by atoms with Crippen LogP contribution in [0.1, 0.15) is 60.8 Å². The number of hydrogen-bond acceptors (Lipinski definition) is 3. The zero-order chi connectivity index (χ0) is 21.3. The Kier molecular flexibility index (Phi) is 14.0. The number of nitrogens with zero attached hydrogens (tertiary/aromatic N) is 2. The molecule has 32 heavy (non-hydrogen) atoms. The van der Waals surface area contributed by atoms with E-state index in [-0.39, 0.29) is 24.8 Å². The van der Waals surface area contributed by atoms with Crippen LogP contribution in [-0.4, -0.2) is 51.1 Å². The molecule has 180 valence electrons. The number of hydrogen-bond donors (Lipinski definition) is 0. The first-order valence-electron chi connectivity index (χ1n) is 11.7. The van der Waals surface area contributed by atoms with E-state index in [2.05, 4.69) is 74.4 Å². The average molecular weight is 498 g/mol. The first-order valence-corrected chi connectivity index (χ1v) is 12.5. The van der Waals surface area contributed by atoms with Gasteiger partial charge in [-0.2, -0.15) is 0 Å². The fourth-order valence-electron chi connectivity index (χ4n) is 4.24. The molecule has 2 aromatic carbocycles. The van der Waals surface area contributed by atoms with E-state index in [0.29, 0.717) is 0 Å². The summed E-state index contributed by atoms with van der Waals surface area (Å²) in [5.41, 5.74) is 6.09. The zero-order valence-corrected chi connectivity index (χ0v) is 22.8. The van der Waals surface area contributed by atoms with Gasteiger partial charge in [-0.15, -0.1) is 24.8 Å². The Labute approximate surface area is 213 Å². The molecule has 0 spiro atoms. The van der Waals surface area contributed by atoms with Gasteiger partial charge in [-0.3, -0.25) is 0 Å². The molecule has 2 nitrogen and oxygen atoms in total.